The van der Waals surface area contributed by atoms with Crippen LogP contribution in [-0.2, 0) is 4.79 Å². The molecule has 30 heavy (non-hydrogen) atoms. The zero-order chi connectivity index (χ0) is 22.1. The quantitative estimate of drug-likeness (QED) is 0.655. The van der Waals surface area contributed by atoms with Crippen molar-refractivity contribution < 1.29 is 4.79 Å². The molecule has 0 aliphatic heterocycles. The molecule has 0 unspecified atom stereocenters. The number of nitriles is 1. The first-order valence-corrected chi connectivity index (χ1v) is 10.5. The zero-order valence-electron chi connectivity index (χ0n) is 17.8. The molecule has 5 heteroatoms. The van der Waals surface area contributed by atoms with Crippen molar-refractivity contribution in [1.82, 2.24) is 4.57 Å². The summed E-state index contributed by atoms with van der Waals surface area (Å²) in [6, 6.07) is 17.2. The van der Waals surface area contributed by atoms with Crippen LogP contribution >= 0.6 is 11.3 Å². The van der Waals surface area contributed by atoms with Crippen LogP contribution in [0, 0.1) is 30.6 Å². The van der Waals surface area contributed by atoms with Crippen molar-refractivity contribution in [3.63, 3.8) is 0 Å². The van der Waals surface area contributed by atoms with Crippen LogP contribution in [-0.4, -0.2) is 10.4 Å². The largest absolute Gasteiger partial charge is 0.293 e. The second kappa shape index (κ2) is 8.25. The Morgan fingerprint density at radius 1 is 1.10 bits per heavy atom. The molecular formula is C25H24N2O2S. The Balaban J connectivity index is 2.44. The number of aryl methyl sites for hydroxylation is 2. The van der Waals surface area contributed by atoms with E-state index < -0.39 is 5.41 Å². The molecule has 1 aromatic heterocycles. The highest BCUT2D eigenvalue weighted by atomic mass is 32.1. The fourth-order valence-electron chi connectivity index (χ4n) is 3.16. The van der Waals surface area contributed by atoms with Gasteiger partial charge in [-0.25, -0.2) is 0 Å². The summed E-state index contributed by atoms with van der Waals surface area (Å²) in [5.74, 6) is -0.283. The van der Waals surface area contributed by atoms with Crippen LogP contribution in [0.1, 0.15) is 37.5 Å². The van der Waals surface area contributed by atoms with E-state index in [1.54, 1.807) is 32.9 Å². The third kappa shape index (κ3) is 4.19. The number of nitrogens with zero attached hydrogens (tertiary/aromatic N) is 2. The fourth-order valence-corrected chi connectivity index (χ4v) is 4.25. The minimum absolute atomic E-state index is 0.00808. The molecule has 0 fully saturated rings. The van der Waals surface area contributed by atoms with E-state index in [1.807, 2.05) is 50.3 Å². The summed E-state index contributed by atoms with van der Waals surface area (Å²) in [5.41, 5.74) is 2.81. The highest BCUT2D eigenvalue weighted by Gasteiger charge is 2.27. The van der Waals surface area contributed by atoms with Crippen LogP contribution in [0.2, 0.25) is 0 Å². The van der Waals surface area contributed by atoms with Crippen LogP contribution in [0.5, 0.6) is 0 Å². The predicted molar refractivity (Wildman–Crippen MR) is 122 cm³/mol. The van der Waals surface area contributed by atoms with Crippen molar-refractivity contribution in [1.29, 1.82) is 5.26 Å². The molecule has 0 bridgehead atoms. The third-order valence-corrected chi connectivity index (χ3v) is 5.88. The number of hydrogen-bond donors (Lipinski definition) is 0. The molecule has 3 aromatic rings. The van der Waals surface area contributed by atoms with Crippen molar-refractivity contribution in [3.05, 3.63) is 84.8 Å². The third-order valence-electron chi connectivity index (χ3n) is 4.78. The Kier molecular flexibility index (Phi) is 5.91. The number of aromatic nitrogens is 1. The van der Waals surface area contributed by atoms with Gasteiger partial charge in [0.2, 0.25) is 0 Å². The van der Waals surface area contributed by atoms with Gasteiger partial charge in [0.1, 0.15) is 16.3 Å². The lowest BCUT2D eigenvalue weighted by molar-refractivity contribution is -0.120. The Bertz CT molecular complexity index is 1330. The molecule has 152 valence electrons. The number of para-hydroxylation sites is 1. The molecule has 0 N–H and O–H groups in total. The molecule has 0 atom stereocenters. The Labute approximate surface area is 180 Å². The van der Waals surface area contributed by atoms with Gasteiger partial charge in [-0.3, -0.25) is 14.2 Å². The van der Waals surface area contributed by atoms with Crippen molar-refractivity contribution in [3.8, 4) is 11.8 Å². The lowest BCUT2D eigenvalue weighted by Crippen LogP contribution is -2.33. The molecule has 0 aliphatic carbocycles. The topological polar surface area (TPSA) is 62.9 Å². The van der Waals surface area contributed by atoms with E-state index in [1.165, 1.54) is 15.9 Å². The van der Waals surface area contributed by atoms with E-state index in [2.05, 4.69) is 12.1 Å². The summed E-state index contributed by atoms with van der Waals surface area (Å²) in [6.07, 6.45) is 1.83. The normalized spacial score (nSPS) is 13.1. The maximum Gasteiger partial charge on any atom is 0.273 e. The number of carbonyl (C=O) groups excluding carboxylic acids is 1. The van der Waals surface area contributed by atoms with Crippen LogP contribution in [0.15, 0.2) is 53.3 Å². The van der Waals surface area contributed by atoms with Crippen molar-refractivity contribution in [2.24, 2.45) is 5.41 Å². The number of thiazole rings is 1. The van der Waals surface area contributed by atoms with E-state index >= 15 is 0 Å². The molecule has 0 spiro atoms. The smallest absolute Gasteiger partial charge is 0.273 e. The SMILES string of the molecule is Cc1ccc(/C=c2\s/c(=C(/C#N)C(=O)C(C)(C)C)n(-c3ccccc3)c2=O)c(C)c1. The van der Waals surface area contributed by atoms with Gasteiger partial charge >= 0.3 is 0 Å². The first-order valence-electron chi connectivity index (χ1n) is 9.69. The highest BCUT2D eigenvalue weighted by molar-refractivity contribution is 7.07. The molecule has 1 heterocycles. The molecule has 2 aromatic carbocycles. The average Bonchev–Trinajstić information content (AvgIpc) is 3.00. The molecule has 0 saturated heterocycles. The van der Waals surface area contributed by atoms with Gasteiger partial charge in [0, 0.05) is 5.41 Å². The number of rotatable bonds is 3. The second-order valence-electron chi connectivity index (χ2n) is 8.32. The number of benzene rings is 2. The van der Waals surface area contributed by atoms with Gasteiger partial charge in [-0.05, 0) is 43.2 Å². The van der Waals surface area contributed by atoms with Gasteiger partial charge in [0.25, 0.3) is 5.56 Å². The highest BCUT2D eigenvalue weighted by Crippen LogP contribution is 2.20. The standard InChI is InChI=1S/C25H24N2O2S/c1-16-11-12-18(17(2)13-16)14-21-23(29)27(19-9-7-6-8-10-19)24(30-21)20(15-26)22(28)25(3,4)5/h6-14H,1-5H3/b21-14-,24-20-. The van der Waals surface area contributed by atoms with Crippen LogP contribution < -0.4 is 14.8 Å². The summed E-state index contributed by atoms with van der Waals surface area (Å²) in [5, 5.41) is 9.82. The summed E-state index contributed by atoms with van der Waals surface area (Å²) in [7, 11) is 0. The number of Topliss-reactive ketones (excluding diaryl/α,β-unsaturated/α-hetero) is 1. The first kappa shape index (κ1) is 21.5. The minimum Gasteiger partial charge on any atom is -0.293 e. The van der Waals surface area contributed by atoms with E-state index in [0.717, 1.165) is 16.7 Å². The molecule has 0 amide bonds. The summed E-state index contributed by atoms with van der Waals surface area (Å²) >= 11 is 1.18. The number of carbonyl (C=O) groups is 1. The molecule has 0 radical (unpaired) electrons. The van der Waals surface area contributed by atoms with Gasteiger partial charge in [-0.2, -0.15) is 5.26 Å². The summed E-state index contributed by atoms with van der Waals surface area (Å²) in [4.78, 5) is 26.3. The number of ketones is 1. The van der Waals surface area contributed by atoms with Crippen LogP contribution in [0.3, 0.4) is 0 Å². The Morgan fingerprint density at radius 3 is 2.33 bits per heavy atom. The van der Waals surface area contributed by atoms with Crippen molar-refractivity contribution >= 4 is 28.8 Å². The molecule has 0 saturated carbocycles. The van der Waals surface area contributed by atoms with E-state index in [-0.39, 0.29) is 16.9 Å². The monoisotopic (exact) mass is 416 g/mol. The van der Waals surface area contributed by atoms with Crippen LogP contribution in [0.25, 0.3) is 17.3 Å². The Morgan fingerprint density at radius 2 is 1.77 bits per heavy atom. The van der Waals surface area contributed by atoms with E-state index in [9.17, 15) is 14.9 Å². The summed E-state index contributed by atoms with van der Waals surface area (Å²) in [6.45, 7) is 9.34. The van der Waals surface area contributed by atoms with Gasteiger partial charge in [0.05, 0.1) is 10.2 Å². The van der Waals surface area contributed by atoms with Crippen molar-refractivity contribution in [2.45, 2.75) is 34.6 Å². The maximum atomic E-state index is 13.4. The molecule has 4 nitrogen and oxygen atoms in total. The molecule has 3 rings (SSSR count). The molecule has 0 aliphatic rings. The maximum absolute atomic E-state index is 13.4. The zero-order valence-corrected chi connectivity index (χ0v) is 18.6. The molecular weight excluding hydrogens is 392 g/mol. The summed E-state index contributed by atoms with van der Waals surface area (Å²) < 4.78 is 2.32. The first-order chi connectivity index (χ1) is 14.1. The van der Waals surface area contributed by atoms with Gasteiger partial charge in [0.15, 0.2) is 5.78 Å². The van der Waals surface area contributed by atoms with Crippen molar-refractivity contribution in [2.75, 3.05) is 0 Å². The van der Waals surface area contributed by atoms with Crippen LogP contribution in [0.4, 0.5) is 0 Å². The fraction of sp³-hybridized carbons (Fsp3) is 0.240. The lowest BCUT2D eigenvalue weighted by Gasteiger charge is -2.15. The average molecular weight is 417 g/mol. The van der Waals surface area contributed by atoms with Gasteiger partial charge in [-0.1, -0.05) is 62.7 Å². The minimum atomic E-state index is -0.732. The second-order valence-corrected chi connectivity index (χ2v) is 9.35. The predicted octanol–water partition coefficient (Wildman–Crippen LogP) is 3.63. The lowest BCUT2D eigenvalue weighted by atomic mass is 9.87. The van der Waals surface area contributed by atoms with E-state index in [4.69, 9.17) is 0 Å². The Hall–Kier alpha value is -3.23. The van der Waals surface area contributed by atoms with Gasteiger partial charge in [-0.15, -0.1) is 11.3 Å². The van der Waals surface area contributed by atoms with Gasteiger partial charge < -0.3 is 0 Å². The van der Waals surface area contributed by atoms with E-state index in [0.29, 0.717) is 14.9 Å². The number of hydrogen-bond acceptors (Lipinski definition) is 4.